The summed E-state index contributed by atoms with van der Waals surface area (Å²) < 4.78 is 17.1. The molecule has 4 rings (SSSR count). The monoisotopic (exact) mass is 526 g/mol. The van der Waals surface area contributed by atoms with Gasteiger partial charge in [0.1, 0.15) is 12.2 Å². The highest BCUT2D eigenvalue weighted by atomic mass is 35.5. The van der Waals surface area contributed by atoms with Gasteiger partial charge in [0.2, 0.25) is 0 Å². The minimum Gasteiger partial charge on any atom is -0.490 e. The molecule has 0 unspecified atom stereocenters. The average molecular weight is 527 g/mol. The zero-order chi connectivity index (χ0) is 25.7. The first-order valence-electron chi connectivity index (χ1n) is 10.8. The number of carboxylic acids is 1. The smallest absolute Gasteiger partial charge is 0.335 e. The van der Waals surface area contributed by atoms with Gasteiger partial charge in [-0.05, 0) is 66.6 Å². The molecule has 4 aromatic rings. The number of nitrogens with zero attached hydrogens (tertiary/aromatic N) is 1. The van der Waals surface area contributed by atoms with Gasteiger partial charge in [0, 0.05) is 10.4 Å². The molecule has 10 heteroatoms. The fourth-order valence-corrected chi connectivity index (χ4v) is 3.77. The number of halogens is 2. The van der Waals surface area contributed by atoms with Gasteiger partial charge in [0.15, 0.2) is 17.3 Å². The number of amides is 1. The van der Waals surface area contributed by atoms with E-state index in [1.165, 1.54) is 18.3 Å². The van der Waals surface area contributed by atoms with E-state index in [2.05, 4.69) is 10.5 Å². The third-order valence-electron chi connectivity index (χ3n) is 5.00. The molecule has 0 radical (unpaired) electrons. The van der Waals surface area contributed by atoms with Crippen molar-refractivity contribution in [2.24, 2.45) is 5.10 Å². The van der Waals surface area contributed by atoms with Crippen LogP contribution in [0.25, 0.3) is 11.0 Å². The van der Waals surface area contributed by atoms with Crippen molar-refractivity contribution in [1.82, 2.24) is 5.43 Å². The number of carbonyl (C=O) groups is 2. The minimum absolute atomic E-state index is 0.0950. The lowest BCUT2D eigenvalue weighted by Crippen LogP contribution is -2.16. The molecule has 0 aliphatic heterocycles. The number of nitrogens with one attached hydrogen (secondary N) is 1. The molecule has 0 aliphatic carbocycles. The van der Waals surface area contributed by atoms with Gasteiger partial charge < -0.3 is 19.0 Å². The third kappa shape index (κ3) is 5.97. The molecule has 8 nitrogen and oxygen atoms in total. The van der Waals surface area contributed by atoms with Crippen LogP contribution < -0.4 is 14.9 Å². The van der Waals surface area contributed by atoms with Crippen LogP contribution in [-0.4, -0.2) is 29.8 Å². The molecule has 1 aromatic heterocycles. The number of carbonyl (C=O) groups excluding carboxylic acids is 1. The van der Waals surface area contributed by atoms with Crippen LogP contribution in [0.4, 0.5) is 0 Å². The zero-order valence-electron chi connectivity index (χ0n) is 19.0. The molecule has 1 amide bonds. The molecule has 0 spiro atoms. The molecule has 184 valence electrons. The number of furan rings is 1. The SMILES string of the molecule is CCOc1cc(C=NNC(=O)c2cc3cc(Cl)ccc3o2)cc(Cl)c1OCc1ccc(C(=O)O)cc1. The maximum absolute atomic E-state index is 12.4. The number of hydrazone groups is 1. The van der Waals surface area contributed by atoms with Crippen LogP contribution in [0.1, 0.15) is 39.0 Å². The van der Waals surface area contributed by atoms with Crippen molar-refractivity contribution in [3.05, 3.63) is 93.2 Å². The highest BCUT2D eigenvalue weighted by Crippen LogP contribution is 2.37. The van der Waals surface area contributed by atoms with Crippen molar-refractivity contribution in [1.29, 1.82) is 0 Å². The zero-order valence-corrected chi connectivity index (χ0v) is 20.5. The highest BCUT2D eigenvalue weighted by Gasteiger charge is 2.14. The first kappa shape index (κ1) is 25.1. The number of carboxylic acid groups (broad SMARTS) is 1. The van der Waals surface area contributed by atoms with E-state index in [1.54, 1.807) is 48.5 Å². The van der Waals surface area contributed by atoms with Crippen LogP contribution in [0.15, 0.2) is 70.2 Å². The van der Waals surface area contributed by atoms with E-state index in [4.69, 9.17) is 42.2 Å². The van der Waals surface area contributed by atoms with Gasteiger partial charge in [-0.3, -0.25) is 4.79 Å². The van der Waals surface area contributed by atoms with Crippen molar-refractivity contribution in [2.45, 2.75) is 13.5 Å². The lowest BCUT2D eigenvalue weighted by atomic mass is 10.1. The van der Waals surface area contributed by atoms with E-state index in [0.717, 1.165) is 5.56 Å². The van der Waals surface area contributed by atoms with Crippen LogP contribution in [0.2, 0.25) is 10.0 Å². The fraction of sp³-hybridized carbons (Fsp3) is 0.115. The van der Waals surface area contributed by atoms with Gasteiger partial charge in [-0.25, -0.2) is 10.2 Å². The van der Waals surface area contributed by atoms with Gasteiger partial charge in [0.25, 0.3) is 0 Å². The summed E-state index contributed by atoms with van der Waals surface area (Å²) in [7, 11) is 0. The number of ether oxygens (including phenoxy) is 2. The number of aromatic carboxylic acids is 1. The summed E-state index contributed by atoms with van der Waals surface area (Å²) in [5.41, 5.74) is 4.47. The normalized spacial score (nSPS) is 11.1. The molecule has 0 aliphatic rings. The van der Waals surface area contributed by atoms with Crippen molar-refractivity contribution in [3.63, 3.8) is 0 Å². The Morgan fingerprint density at radius 1 is 1.06 bits per heavy atom. The molecule has 0 saturated carbocycles. The molecule has 0 atom stereocenters. The molecular weight excluding hydrogens is 507 g/mol. The first-order valence-corrected chi connectivity index (χ1v) is 11.5. The molecule has 0 saturated heterocycles. The number of hydrogen-bond donors (Lipinski definition) is 2. The predicted molar refractivity (Wildman–Crippen MR) is 137 cm³/mol. The third-order valence-corrected chi connectivity index (χ3v) is 5.51. The number of benzene rings is 3. The van der Waals surface area contributed by atoms with Crippen molar-refractivity contribution < 1.29 is 28.6 Å². The maximum atomic E-state index is 12.4. The summed E-state index contributed by atoms with van der Waals surface area (Å²) in [5, 5.41) is 14.5. The van der Waals surface area contributed by atoms with Gasteiger partial charge in [-0.1, -0.05) is 35.3 Å². The molecule has 36 heavy (non-hydrogen) atoms. The standard InChI is InChI=1S/C26H20Cl2N2O6/c1-2-34-22-10-16(9-20(28)24(22)35-14-15-3-5-17(6-4-15)26(32)33)13-29-30-25(31)23-12-18-11-19(27)7-8-21(18)36-23/h3-13H,2,14H2,1H3,(H,30,31)(H,32,33). The second-order valence-corrected chi connectivity index (χ2v) is 8.39. The van der Waals surface area contributed by atoms with Crippen molar-refractivity contribution >= 4 is 52.3 Å². The van der Waals surface area contributed by atoms with Crippen LogP contribution in [0, 0.1) is 0 Å². The minimum atomic E-state index is -1.000. The van der Waals surface area contributed by atoms with Gasteiger partial charge in [-0.15, -0.1) is 0 Å². The van der Waals surface area contributed by atoms with E-state index in [0.29, 0.717) is 39.7 Å². The second-order valence-electron chi connectivity index (χ2n) is 7.55. The summed E-state index contributed by atoms with van der Waals surface area (Å²) >= 11 is 12.4. The highest BCUT2D eigenvalue weighted by molar-refractivity contribution is 6.32. The van der Waals surface area contributed by atoms with Crippen LogP contribution in [0.3, 0.4) is 0 Å². The number of fused-ring (bicyclic) bond motifs is 1. The van der Waals surface area contributed by atoms with E-state index in [1.807, 2.05) is 6.92 Å². The lowest BCUT2D eigenvalue weighted by molar-refractivity contribution is 0.0696. The maximum Gasteiger partial charge on any atom is 0.335 e. The lowest BCUT2D eigenvalue weighted by Gasteiger charge is -2.14. The summed E-state index contributed by atoms with van der Waals surface area (Å²) in [6.07, 6.45) is 1.42. The Labute approximate surface area is 216 Å². The van der Waals surface area contributed by atoms with E-state index in [-0.39, 0.29) is 23.0 Å². The summed E-state index contributed by atoms with van der Waals surface area (Å²) in [4.78, 5) is 23.4. The molecule has 2 N–H and O–H groups in total. The Kier molecular flexibility index (Phi) is 7.77. The topological polar surface area (TPSA) is 110 Å². The largest absolute Gasteiger partial charge is 0.490 e. The van der Waals surface area contributed by atoms with Crippen LogP contribution in [-0.2, 0) is 6.61 Å². The Balaban J connectivity index is 1.45. The van der Waals surface area contributed by atoms with Crippen molar-refractivity contribution in [2.75, 3.05) is 6.61 Å². The summed E-state index contributed by atoms with van der Waals surface area (Å²) in [5.74, 6) is -0.696. The average Bonchev–Trinajstić information content (AvgIpc) is 3.27. The number of hydrogen-bond acceptors (Lipinski definition) is 6. The van der Waals surface area contributed by atoms with Crippen LogP contribution in [0.5, 0.6) is 11.5 Å². The summed E-state index contributed by atoms with van der Waals surface area (Å²) in [6.45, 7) is 2.35. The summed E-state index contributed by atoms with van der Waals surface area (Å²) in [6, 6.07) is 16.3. The van der Waals surface area contributed by atoms with E-state index < -0.39 is 11.9 Å². The molecule has 1 heterocycles. The van der Waals surface area contributed by atoms with E-state index >= 15 is 0 Å². The second kappa shape index (κ2) is 11.2. The number of rotatable bonds is 9. The molecular formula is C26H20Cl2N2O6. The first-order chi connectivity index (χ1) is 17.3. The van der Waals surface area contributed by atoms with Gasteiger partial charge in [0.05, 0.1) is 23.4 Å². The Morgan fingerprint density at radius 3 is 2.56 bits per heavy atom. The van der Waals surface area contributed by atoms with Crippen molar-refractivity contribution in [3.8, 4) is 11.5 Å². The van der Waals surface area contributed by atoms with E-state index in [9.17, 15) is 9.59 Å². The molecule has 0 fully saturated rings. The Morgan fingerprint density at radius 2 is 1.83 bits per heavy atom. The predicted octanol–water partition coefficient (Wildman–Crippen LogP) is 6.18. The van der Waals surface area contributed by atoms with Gasteiger partial charge >= 0.3 is 11.9 Å². The fourth-order valence-electron chi connectivity index (χ4n) is 3.31. The quantitative estimate of drug-likeness (QED) is 0.199. The molecule has 0 bridgehead atoms. The van der Waals surface area contributed by atoms with Gasteiger partial charge in [-0.2, -0.15) is 5.10 Å². The molecule has 3 aromatic carbocycles. The Hall–Kier alpha value is -4.01. The Bertz CT molecular complexity index is 1450. The van der Waals surface area contributed by atoms with Crippen LogP contribution >= 0.6 is 23.2 Å².